The van der Waals surface area contributed by atoms with E-state index in [-0.39, 0.29) is 6.10 Å². The molecule has 1 N–H and O–H groups in total. The van der Waals surface area contributed by atoms with Crippen LogP contribution >= 0.6 is 0 Å². The van der Waals surface area contributed by atoms with Gasteiger partial charge in [-0.1, -0.05) is 12.1 Å². The van der Waals surface area contributed by atoms with Crippen molar-refractivity contribution in [3.8, 4) is 0 Å². The molecule has 0 aliphatic carbocycles. The van der Waals surface area contributed by atoms with Gasteiger partial charge in [-0.05, 0) is 20.3 Å². The van der Waals surface area contributed by atoms with Gasteiger partial charge in [-0.2, -0.15) is 0 Å². The van der Waals surface area contributed by atoms with Crippen LogP contribution < -0.4 is 0 Å². The highest BCUT2D eigenvalue weighted by atomic mass is 16.5. The van der Waals surface area contributed by atoms with Crippen LogP contribution in [0, 0.1) is 6.92 Å². The number of piperazine rings is 1. The van der Waals surface area contributed by atoms with Crippen molar-refractivity contribution in [3.63, 3.8) is 0 Å². The molecule has 108 valence electrons. The average Bonchev–Trinajstić information content (AvgIpc) is 2.76. The van der Waals surface area contributed by atoms with E-state index in [1.807, 2.05) is 19.9 Å². The molecule has 2 atom stereocenters. The fraction of sp³-hybridized carbons (Fsp3) is 0.786. The van der Waals surface area contributed by atoms with E-state index in [1.165, 1.54) is 0 Å². The molecule has 1 aliphatic rings. The van der Waals surface area contributed by atoms with Gasteiger partial charge < -0.3 is 9.63 Å². The van der Waals surface area contributed by atoms with Gasteiger partial charge in [-0.25, -0.2) is 0 Å². The van der Waals surface area contributed by atoms with Crippen molar-refractivity contribution >= 4 is 0 Å². The van der Waals surface area contributed by atoms with E-state index in [0.717, 1.165) is 50.6 Å². The molecule has 0 saturated carbocycles. The molecule has 5 heteroatoms. The number of aromatic nitrogens is 1. The monoisotopic (exact) mass is 267 g/mol. The maximum absolute atomic E-state index is 9.54. The van der Waals surface area contributed by atoms with Gasteiger partial charge in [-0.15, -0.1) is 0 Å². The van der Waals surface area contributed by atoms with E-state index >= 15 is 0 Å². The van der Waals surface area contributed by atoms with Crippen molar-refractivity contribution in [1.82, 2.24) is 15.0 Å². The molecule has 1 fully saturated rings. The van der Waals surface area contributed by atoms with Gasteiger partial charge in [0.2, 0.25) is 0 Å². The van der Waals surface area contributed by atoms with Crippen LogP contribution in [0.2, 0.25) is 0 Å². The fourth-order valence-electron chi connectivity index (χ4n) is 2.79. The summed E-state index contributed by atoms with van der Waals surface area (Å²) in [6.07, 6.45) is 0.861. The van der Waals surface area contributed by atoms with Crippen LogP contribution in [0.5, 0.6) is 0 Å². The van der Waals surface area contributed by atoms with Gasteiger partial charge in [0.05, 0.1) is 11.8 Å². The third-order valence-corrected chi connectivity index (χ3v) is 3.72. The Morgan fingerprint density at radius 3 is 2.89 bits per heavy atom. The van der Waals surface area contributed by atoms with Gasteiger partial charge in [0, 0.05) is 44.8 Å². The molecule has 0 bridgehead atoms. The largest absolute Gasteiger partial charge is 0.392 e. The highest BCUT2D eigenvalue weighted by Gasteiger charge is 2.26. The molecular weight excluding hydrogens is 242 g/mol. The predicted octanol–water partition coefficient (Wildman–Crippen LogP) is 1.26. The first-order valence-corrected chi connectivity index (χ1v) is 7.15. The number of nitrogens with zero attached hydrogens (tertiary/aromatic N) is 3. The van der Waals surface area contributed by atoms with Crippen LogP contribution in [0.25, 0.3) is 0 Å². The van der Waals surface area contributed by atoms with Gasteiger partial charge in [0.15, 0.2) is 0 Å². The van der Waals surface area contributed by atoms with Crippen LogP contribution in [-0.2, 0) is 6.54 Å². The maximum atomic E-state index is 9.54. The maximum Gasteiger partial charge on any atom is 0.133 e. The zero-order valence-electron chi connectivity index (χ0n) is 12.2. The summed E-state index contributed by atoms with van der Waals surface area (Å²) in [7, 11) is 0. The molecule has 2 rings (SSSR count). The Hall–Kier alpha value is -0.910. The molecular formula is C14H25N3O2. The van der Waals surface area contributed by atoms with Crippen molar-refractivity contribution in [2.75, 3.05) is 26.2 Å². The summed E-state index contributed by atoms with van der Waals surface area (Å²) in [6, 6.07) is 2.53. The van der Waals surface area contributed by atoms with Crippen molar-refractivity contribution < 1.29 is 9.63 Å². The van der Waals surface area contributed by atoms with E-state index < -0.39 is 0 Å². The van der Waals surface area contributed by atoms with E-state index in [1.54, 1.807) is 0 Å². The van der Waals surface area contributed by atoms with E-state index in [0.29, 0.717) is 6.04 Å². The number of aryl methyl sites for hydroxylation is 1. The Morgan fingerprint density at radius 1 is 1.53 bits per heavy atom. The zero-order chi connectivity index (χ0) is 13.8. The lowest BCUT2D eigenvalue weighted by molar-refractivity contribution is 0.0330. The first kappa shape index (κ1) is 14.5. The lowest BCUT2D eigenvalue weighted by Crippen LogP contribution is -2.54. The minimum atomic E-state index is -0.251. The third-order valence-electron chi connectivity index (χ3n) is 3.72. The summed E-state index contributed by atoms with van der Waals surface area (Å²) < 4.78 is 5.11. The first-order chi connectivity index (χ1) is 9.08. The van der Waals surface area contributed by atoms with Gasteiger partial charge in [-0.3, -0.25) is 9.80 Å². The molecule has 1 aromatic heterocycles. The second-order valence-electron chi connectivity index (χ2n) is 5.57. The molecule has 0 amide bonds. The third kappa shape index (κ3) is 4.03. The summed E-state index contributed by atoms with van der Waals surface area (Å²) in [5.74, 6) is 0.870. The van der Waals surface area contributed by atoms with Crippen molar-refractivity contribution in [3.05, 3.63) is 17.5 Å². The topological polar surface area (TPSA) is 52.7 Å². The summed E-state index contributed by atoms with van der Waals surface area (Å²) in [6.45, 7) is 10.7. The number of aliphatic hydroxyl groups is 1. The number of aliphatic hydroxyl groups excluding tert-OH is 1. The Labute approximate surface area is 115 Å². The lowest BCUT2D eigenvalue weighted by Gasteiger charge is -2.41. The minimum absolute atomic E-state index is 0.251. The molecule has 2 heterocycles. The second kappa shape index (κ2) is 6.50. The Morgan fingerprint density at radius 2 is 2.32 bits per heavy atom. The average molecular weight is 267 g/mol. The predicted molar refractivity (Wildman–Crippen MR) is 73.8 cm³/mol. The van der Waals surface area contributed by atoms with Gasteiger partial charge >= 0.3 is 0 Å². The van der Waals surface area contributed by atoms with E-state index in [9.17, 15) is 5.11 Å². The van der Waals surface area contributed by atoms with Crippen LogP contribution in [0.1, 0.15) is 31.7 Å². The molecule has 0 aromatic carbocycles. The van der Waals surface area contributed by atoms with Gasteiger partial charge in [0.1, 0.15) is 5.76 Å². The summed E-state index contributed by atoms with van der Waals surface area (Å²) in [5, 5.41) is 13.6. The molecule has 1 saturated heterocycles. The standard InChI is InChI=1S/C14H25N3O2/c1-4-14-10-16(5-6-17(14)8-11(2)18)9-13-7-12(3)19-15-13/h7,11,14,18H,4-6,8-10H2,1-3H3/t11-,14-/m0/s1. The van der Waals surface area contributed by atoms with Crippen LogP contribution in [0.15, 0.2) is 10.6 Å². The number of rotatable bonds is 5. The quantitative estimate of drug-likeness (QED) is 0.870. The molecule has 0 spiro atoms. The number of β-amino-alcohol motifs (C(OH)–C–C–N with tert-alkyl or cyclic N) is 1. The van der Waals surface area contributed by atoms with Crippen LogP contribution in [0.4, 0.5) is 0 Å². The Kier molecular flexibility index (Phi) is 4.96. The Balaban J connectivity index is 1.89. The second-order valence-corrected chi connectivity index (χ2v) is 5.57. The normalized spacial score (nSPS) is 23.7. The van der Waals surface area contributed by atoms with Crippen molar-refractivity contribution in [2.45, 2.75) is 45.9 Å². The molecule has 0 radical (unpaired) electrons. The summed E-state index contributed by atoms with van der Waals surface area (Å²) in [5.41, 5.74) is 1.01. The molecule has 1 aliphatic heterocycles. The van der Waals surface area contributed by atoms with Crippen molar-refractivity contribution in [2.24, 2.45) is 0 Å². The fourth-order valence-corrected chi connectivity index (χ4v) is 2.79. The lowest BCUT2D eigenvalue weighted by atomic mass is 10.1. The minimum Gasteiger partial charge on any atom is -0.392 e. The van der Waals surface area contributed by atoms with E-state index in [2.05, 4.69) is 21.9 Å². The van der Waals surface area contributed by atoms with Gasteiger partial charge in [0.25, 0.3) is 0 Å². The van der Waals surface area contributed by atoms with E-state index in [4.69, 9.17) is 4.52 Å². The molecule has 0 unspecified atom stereocenters. The molecule has 5 nitrogen and oxygen atoms in total. The smallest absolute Gasteiger partial charge is 0.133 e. The number of hydrogen-bond donors (Lipinski definition) is 1. The summed E-state index contributed by atoms with van der Waals surface area (Å²) in [4.78, 5) is 4.82. The molecule has 19 heavy (non-hydrogen) atoms. The highest BCUT2D eigenvalue weighted by Crippen LogP contribution is 2.16. The van der Waals surface area contributed by atoms with Crippen LogP contribution in [-0.4, -0.2) is 58.4 Å². The molecule has 1 aromatic rings. The number of hydrogen-bond acceptors (Lipinski definition) is 5. The SMILES string of the molecule is CC[C@H]1CN(Cc2cc(C)on2)CCN1C[C@H](C)O. The van der Waals surface area contributed by atoms with Crippen molar-refractivity contribution in [1.29, 1.82) is 0 Å². The van der Waals surface area contributed by atoms with Crippen LogP contribution in [0.3, 0.4) is 0 Å². The first-order valence-electron chi connectivity index (χ1n) is 7.15. The Bertz CT molecular complexity index is 392. The zero-order valence-corrected chi connectivity index (χ0v) is 12.2. The summed E-state index contributed by atoms with van der Waals surface area (Å²) >= 11 is 0. The highest BCUT2D eigenvalue weighted by molar-refractivity contribution is 5.03.